The van der Waals surface area contributed by atoms with Crippen molar-refractivity contribution in [1.82, 2.24) is 9.97 Å². The molecule has 0 amide bonds. The summed E-state index contributed by atoms with van der Waals surface area (Å²) < 4.78 is 13.6. The number of carbonyl (C=O) groups is 1. The van der Waals surface area contributed by atoms with E-state index in [0.717, 1.165) is 6.07 Å². The van der Waals surface area contributed by atoms with Gasteiger partial charge < -0.3 is 5.11 Å². The van der Waals surface area contributed by atoms with E-state index in [4.69, 9.17) is 16.7 Å². The highest BCUT2D eigenvalue weighted by atomic mass is 35.5. The summed E-state index contributed by atoms with van der Waals surface area (Å²) in [5.41, 5.74) is 1.35. The van der Waals surface area contributed by atoms with Crippen molar-refractivity contribution in [2.24, 2.45) is 0 Å². The first kappa shape index (κ1) is 14.4. The lowest BCUT2D eigenvalue weighted by atomic mass is 9.97. The Kier molecular flexibility index (Phi) is 3.99. The number of carboxylic acid groups (broad SMARTS) is 1. The van der Waals surface area contributed by atoms with Crippen molar-refractivity contribution in [3.63, 3.8) is 0 Å². The molecular formula is C14H12ClFN2O2. The molecule has 0 aliphatic carbocycles. The summed E-state index contributed by atoms with van der Waals surface area (Å²) >= 11 is 6.06. The molecule has 0 aliphatic heterocycles. The second-order valence-electron chi connectivity index (χ2n) is 4.62. The van der Waals surface area contributed by atoms with Crippen LogP contribution in [0.2, 0.25) is 5.15 Å². The smallest absolute Gasteiger partial charge is 0.335 e. The van der Waals surface area contributed by atoms with Crippen molar-refractivity contribution in [2.45, 2.75) is 19.8 Å². The molecule has 1 aromatic heterocycles. The largest absolute Gasteiger partial charge is 0.478 e. The van der Waals surface area contributed by atoms with Crippen LogP contribution in [0.1, 0.15) is 35.7 Å². The highest BCUT2D eigenvalue weighted by Crippen LogP contribution is 2.32. The van der Waals surface area contributed by atoms with Gasteiger partial charge in [0.15, 0.2) is 0 Å². The van der Waals surface area contributed by atoms with Crippen molar-refractivity contribution in [2.75, 3.05) is 0 Å². The third kappa shape index (κ3) is 2.77. The minimum absolute atomic E-state index is 0.0234. The highest BCUT2D eigenvalue weighted by molar-refractivity contribution is 6.30. The van der Waals surface area contributed by atoms with E-state index in [2.05, 4.69) is 9.97 Å². The first-order valence-corrected chi connectivity index (χ1v) is 6.32. The van der Waals surface area contributed by atoms with Crippen LogP contribution < -0.4 is 0 Å². The van der Waals surface area contributed by atoms with Crippen molar-refractivity contribution in [1.29, 1.82) is 0 Å². The predicted octanol–water partition coefficient (Wildman–Crippen LogP) is 3.76. The average molecular weight is 295 g/mol. The van der Waals surface area contributed by atoms with Gasteiger partial charge in [0, 0.05) is 11.1 Å². The van der Waals surface area contributed by atoms with Crippen molar-refractivity contribution >= 4 is 17.6 Å². The molecular weight excluding hydrogens is 283 g/mol. The number of hydrogen-bond acceptors (Lipinski definition) is 3. The zero-order valence-corrected chi connectivity index (χ0v) is 11.6. The summed E-state index contributed by atoms with van der Waals surface area (Å²) in [6.45, 7) is 3.82. The molecule has 104 valence electrons. The van der Waals surface area contributed by atoms with Gasteiger partial charge in [-0.15, -0.1) is 0 Å². The van der Waals surface area contributed by atoms with Gasteiger partial charge in [0.25, 0.3) is 0 Å². The SMILES string of the molecule is CC(C)c1c(Cl)ncnc1-c1cc(F)cc(C(=O)O)c1. The van der Waals surface area contributed by atoms with Crippen LogP contribution >= 0.6 is 11.6 Å². The molecule has 0 saturated carbocycles. The summed E-state index contributed by atoms with van der Waals surface area (Å²) in [6, 6.07) is 3.57. The van der Waals surface area contributed by atoms with E-state index in [-0.39, 0.29) is 16.6 Å². The minimum Gasteiger partial charge on any atom is -0.478 e. The summed E-state index contributed by atoms with van der Waals surface area (Å²) in [6.07, 6.45) is 1.27. The van der Waals surface area contributed by atoms with Crippen LogP contribution in [0.4, 0.5) is 4.39 Å². The van der Waals surface area contributed by atoms with Gasteiger partial charge in [-0.2, -0.15) is 0 Å². The second-order valence-corrected chi connectivity index (χ2v) is 4.97. The maximum Gasteiger partial charge on any atom is 0.335 e. The van der Waals surface area contributed by atoms with Crippen LogP contribution in [0.25, 0.3) is 11.3 Å². The fraction of sp³-hybridized carbons (Fsp3) is 0.214. The quantitative estimate of drug-likeness (QED) is 0.876. The number of aromatic nitrogens is 2. The van der Waals surface area contributed by atoms with Gasteiger partial charge in [-0.25, -0.2) is 19.2 Å². The van der Waals surface area contributed by atoms with Crippen LogP contribution in [0, 0.1) is 5.82 Å². The van der Waals surface area contributed by atoms with Crippen molar-refractivity contribution in [3.05, 3.63) is 46.6 Å². The lowest BCUT2D eigenvalue weighted by Gasteiger charge is -2.13. The Bertz CT molecular complexity index is 674. The predicted molar refractivity (Wildman–Crippen MR) is 73.5 cm³/mol. The van der Waals surface area contributed by atoms with Crippen LogP contribution in [-0.4, -0.2) is 21.0 Å². The monoisotopic (exact) mass is 294 g/mol. The Hall–Kier alpha value is -2.01. The number of carboxylic acids is 1. The Morgan fingerprint density at radius 3 is 2.60 bits per heavy atom. The fourth-order valence-corrected chi connectivity index (χ4v) is 2.32. The molecule has 4 nitrogen and oxygen atoms in total. The van der Waals surface area contributed by atoms with E-state index in [1.807, 2.05) is 13.8 Å². The van der Waals surface area contributed by atoms with E-state index >= 15 is 0 Å². The van der Waals surface area contributed by atoms with Gasteiger partial charge in [0.05, 0.1) is 11.3 Å². The Morgan fingerprint density at radius 1 is 1.30 bits per heavy atom. The Balaban J connectivity index is 2.68. The molecule has 0 fully saturated rings. The molecule has 0 saturated heterocycles. The van der Waals surface area contributed by atoms with Gasteiger partial charge in [-0.3, -0.25) is 0 Å². The van der Waals surface area contributed by atoms with E-state index < -0.39 is 11.8 Å². The number of benzene rings is 1. The highest BCUT2D eigenvalue weighted by Gasteiger charge is 2.17. The number of hydrogen-bond donors (Lipinski definition) is 1. The molecule has 0 atom stereocenters. The van der Waals surface area contributed by atoms with E-state index in [1.54, 1.807) is 0 Å². The summed E-state index contributed by atoms with van der Waals surface area (Å²) in [7, 11) is 0. The molecule has 2 aromatic rings. The normalized spacial score (nSPS) is 10.8. The summed E-state index contributed by atoms with van der Waals surface area (Å²) in [4.78, 5) is 19.0. The molecule has 0 spiro atoms. The molecule has 20 heavy (non-hydrogen) atoms. The van der Waals surface area contributed by atoms with Gasteiger partial charge in [0.1, 0.15) is 17.3 Å². The average Bonchev–Trinajstić information content (AvgIpc) is 2.37. The maximum absolute atomic E-state index is 13.6. The molecule has 6 heteroatoms. The van der Waals surface area contributed by atoms with E-state index in [0.29, 0.717) is 16.8 Å². The summed E-state index contributed by atoms with van der Waals surface area (Å²) in [5, 5.41) is 9.27. The third-order valence-electron chi connectivity index (χ3n) is 2.83. The number of aromatic carboxylic acids is 1. The molecule has 0 radical (unpaired) electrons. The van der Waals surface area contributed by atoms with Crippen LogP contribution in [0.3, 0.4) is 0 Å². The Morgan fingerprint density at radius 2 is 2.00 bits per heavy atom. The van der Waals surface area contributed by atoms with Gasteiger partial charge in [-0.1, -0.05) is 25.4 Å². The molecule has 1 aromatic carbocycles. The van der Waals surface area contributed by atoms with Crippen LogP contribution in [0.15, 0.2) is 24.5 Å². The summed E-state index contributed by atoms with van der Waals surface area (Å²) in [5.74, 6) is -1.81. The number of nitrogens with zero attached hydrogens (tertiary/aromatic N) is 2. The molecule has 2 rings (SSSR count). The standard InChI is InChI=1S/C14H12ClFN2O2/c1-7(2)11-12(17-6-18-13(11)15)8-3-9(14(19)20)5-10(16)4-8/h3-7H,1-2H3,(H,19,20). The Labute approximate surface area is 120 Å². The van der Waals surface area contributed by atoms with Gasteiger partial charge in [-0.05, 0) is 24.1 Å². The van der Waals surface area contributed by atoms with Gasteiger partial charge in [0.2, 0.25) is 0 Å². The van der Waals surface area contributed by atoms with Gasteiger partial charge >= 0.3 is 5.97 Å². The fourth-order valence-electron chi connectivity index (χ4n) is 1.97. The lowest BCUT2D eigenvalue weighted by molar-refractivity contribution is 0.0696. The first-order chi connectivity index (χ1) is 9.40. The molecule has 0 unspecified atom stereocenters. The third-order valence-corrected chi connectivity index (χ3v) is 3.13. The second kappa shape index (κ2) is 5.54. The topological polar surface area (TPSA) is 63.1 Å². The van der Waals surface area contributed by atoms with Crippen molar-refractivity contribution < 1.29 is 14.3 Å². The zero-order valence-electron chi connectivity index (χ0n) is 10.9. The van der Waals surface area contributed by atoms with Crippen LogP contribution in [-0.2, 0) is 0 Å². The molecule has 1 N–H and O–H groups in total. The zero-order chi connectivity index (χ0) is 14.9. The maximum atomic E-state index is 13.6. The van der Waals surface area contributed by atoms with E-state index in [1.165, 1.54) is 18.5 Å². The van der Waals surface area contributed by atoms with E-state index in [9.17, 15) is 9.18 Å². The van der Waals surface area contributed by atoms with Crippen LogP contribution in [0.5, 0.6) is 0 Å². The minimum atomic E-state index is -1.20. The molecule has 0 aliphatic rings. The lowest BCUT2D eigenvalue weighted by Crippen LogP contribution is -2.02. The molecule has 1 heterocycles. The number of halogens is 2. The number of rotatable bonds is 3. The van der Waals surface area contributed by atoms with Crippen molar-refractivity contribution in [3.8, 4) is 11.3 Å². The first-order valence-electron chi connectivity index (χ1n) is 5.94. The molecule has 0 bridgehead atoms.